The van der Waals surface area contributed by atoms with Crippen LogP contribution in [0.5, 0.6) is 0 Å². The number of hydrogen-bond acceptors (Lipinski definition) is 7. The van der Waals surface area contributed by atoms with Gasteiger partial charge in [-0.1, -0.05) is 48.5 Å². The second kappa shape index (κ2) is 8.78. The minimum Gasteiger partial charge on any atom is -0.466 e. The Hall–Kier alpha value is -3.74. The predicted octanol–water partition coefficient (Wildman–Crippen LogP) is 4.73. The second-order valence-corrected chi connectivity index (χ2v) is 7.81. The number of rotatable bonds is 5. The largest absolute Gasteiger partial charge is 0.466 e. The van der Waals surface area contributed by atoms with Gasteiger partial charge in [0, 0.05) is 24.2 Å². The molecule has 2 aromatic carbocycles. The molecule has 4 aromatic rings. The smallest absolute Gasteiger partial charge is 0.310 e. The lowest BCUT2D eigenvalue weighted by atomic mass is 9.98. The van der Waals surface area contributed by atoms with Crippen molar-refractivity contribution in [3.63, 3.8) is 0 Å². The fourth-order valence-electron chi connectivity index (χ4n) is 4.07. The normalized spacial score (nSPS) is 16.3. The fraction of sp³-hybridized carbons (Fsp3) is 0.280. The zero-order chi connectivity index (χ0) is 21.9. The van der Waals surface area contributed by atoms with Crippen LogP contribution in [0.3, 0.4) is 0 Å². The van der Waals surface area contributed by atoms with Gasteiger partial charge in [-0.2, -0.15) is 4.98 Å². The van der Waals surface area contributed by atoms with Crippen LogP contribution in [0.15, 0.2) is 65.1 Å². The van der Waals surface area contributed by atoms with Gasteiger partial charge in [-0.3, -0.25) is 4.79 Å². The molecule has 162 valence electrons. The number of fused-ring (bicyclic) bond motifs is 1. The van der Waals surface area contributed by atoms with Gasteiger partial charge in [0.2, 0.25) is 17.1 Å². The van der Waals surface area contributed by atoms with E-state index in [0.29, 0.717) is 41.9 Å². The van der Waals surface area contributed by atoms with Crippen LogP contribution in [0.4, 0.5) is 5.82 Å². The van der Waals surface area contributed by atoms with Crippen LogP contribution in [0.25, 0.3) is 34.1 Å². The van der Waals surface area contributed by atoms with Gasteiger partial charge in [0.05, 0.1) is 12.5 Å². The summed E-state index contributed by atoms with van der Waals surface area (Å²) in [6.45, 7) is 3.52. The highest BCUT2D eigenvalue weighted by molar-refractivity contribution is 5.86. The molecule has 0 saturated carbocycles. The third kappa shape index (κ3) is 3.93. The van der Waals surface area contributed by atoms with Crippen LogP contribution in [0.1, 0.15) is 19.8 Å². The number of carbonyl (C=O) groups is 1. The van der Waals surface area contributed by atoms with E-state index in [0.717, 1.165) is 30.5 Å². The van der Waals surface area contributed by atoms with Crippen molar-refractivity contribution in [2.45, 2.75) is 19.8 Å². The van der Waals surface area contributed by atoms with Gasteiger partial charge >= 0.3 is 5.97 Å². The summed E-state index contributed by atoms with van der Waals surface area (Å²) < 4.78 is 11.5. The number of ether oxygens (including phenoxy) is 1. The number of nitrogens with zero attached hydrogens (tertiary/aromatic N) is 4. The summed E-state index contributed by atoms with van der Waals surface area (Å²) in [5, 5.41) is 0. The molecule has 1 fully saturated rings. The highest BCUT2D eigenvalue weighted by Gasteiger charge is 2.30. The molecule has 0 unspecified atom stereocenters. The average molecular weight is 428 g/mol. The minimum absolute atomic E-state index is 0.159. The maximum absolute atomic E-state index is 12.4. The van der Waals surface area contributed by atoms with Crippen molar-refractivity contribution in [2.75, 3.05) is 24.6 Å². The maximum atomic E-state index is 12.4. The summed E-state index contributed by atoms with van der Waals surface area (Å²) in [6.07, 6.45) is 1.68. The Morgan fingerprint density at radius 2 is 1.75 bits per heavy atom. The van der Waals surface area contributed by atoms with E-state index < -0.39 is 0 Å². The molecule has 0 spiro atoms. The summed E-state index contributed by atoms with van der Waals surface area (Å²) in [5.74, 6) is 1.40. The van der Waals surface area contributed by atoms with E-state index in [1.54, 1.807) is 0 Å². The molecule has 0 radical (unpaired) electrons. The summed E-state index contributed by atoms with van der Waals surface area (Å²) >= 11 is 0. The number of oxazole rings is 1. The van der Waals surface area contributed by atoms with Gasteiger partial charge in [-0.25, -0.2) is 9.97 Å². The third-order valence-electron chi connectivity index (χ3n) is 5.63. The number of piperidine rings is 1. The number of carbonyl (C=O) groups excluding carboxylic acids is 1. The van der Waals surface area contributed by atoms with Gasteiger partial charge in [-0.15, -0.1) is 0 Å². The van der Waals surface area contributed by atoms with Gasteiger partial charge in [0.25, 0.3) is 0 Å². The summed E-state index contributed by atoms with van der Waals surface area (Å²) in [4.78, 5) is 28.7. The van der Waals surface area contributed by atoms with Crippen LogP contribution >= 0.6 is 0 Å². The van der Waals surface area contributed by atoms with E-state index in [1.807, 2.05) is 67.6 Å². The molecule has 0 amide bonds. The number of esters is 1. The summed E-state index contributed by atoms with van der Waals surface area (Å²) in [5.41, 5.74) is 2.82. The quantitative estimate of drug-likeness (QED) is 0.425. The Labute approximate surface area is 186 Å². The molecule has 5 rings (SSSR count). The number of aromatic nitrogens is 3. The molecule has 7 heteroatoms. The SMILES string of the molecule is CCOC(=O)[C@H]1CCCN(c2nc(-c3ccccc3)nc3nc(-c4ccccc4)oc23)C1. The van der Waals surface area contributed by atoms with Crippen molar-refractivity contribution in [3.05, 3.63) is 60.7 Å². The van der Waals surface area contributed by atoms with Crippen LogP contribution in [-0.4, -0.2) is 40.6 Å². The number of benzene rings is 2. The minimum atomic E-state index is -0.189. The lowest BCUT2D eigenvalue weighted by Crippen LogP contribution is -2.40. The van der Waals surface area contributed by atoms with Crippen LogP contribution < -0.4 is 4.90 Å². The first-order chi connectivity index (χ1) is 15.7. The first-order valence-electron chi connectivity index (χ1n) is 10.9. The zero-order valence-corrected chi connectivity index (χ0v) is 17.9. The van der Waals surface area contributed by atoms with Crippen molar-refractivity contribution < 1.29 is 13.9 Å². The molecule has 0 N–H and O–H groups in total. The molecule has 0 bridgehead atoms. The third-order valence-corrected chi connectivity index (χ3v) is 5.63. The maximum Gasteiger partial charge on any atom is 0.310 e. The Morgan fingerprint density at radius 1 is 1.03 bits per heavy atom. The van der Waals surface area contributed by atoms with Crippen molar-refractivity contribution >= 4 is 23.0 Å². The van der Waals surface area contributed by atoms with Crippen molar-refractivity contribution in [2.24, 2.45) is 5.92 Å². The van der Waals surface area contributed by atoms with Gasteiger partial charge < -0.3 is 14.1 Å². The lowest BCUT2D eigenvalue weighted by molar-refractivity contribution is -0.148. The van der Waals surface area contributed by atoms with Crippen LogP contribution in [0, 0.1) is 5.92 Å². The first-order valence-corrected chi connectivity index (χ1v) is 10.9. The van der Waals surface area contributed by atoms with Gasteiger partial charge in [0.1, 0.15) is 0 Å². The Balaban J connectivity index is 1.61. The molecule has 1 aliphatic rings. The monoisotopic (exact) mass is 428 g/mol. The van der Waals surface area contributed by atoms with E-state index >= 15 is 0 Å². The van der Waals surface area contributed by atoms with E-state index in [4.69, 9.17) is 19.1 Å². The zero-order valence-electron chi connectivity index (χ0n) is 17.9. The van der Waals surface area contributed by atoms with E-state index in [1.165, 1.54) is 0 Å². The van der Waals surface area contributed by atoms with Crippen molar-refractivity contribution in [3.8, 4) is 22.8 Å². The molecule has 3 heterocycles. The predicted molar refractivity (Wildman–Crippen MR) is 122 cm³/mol. The van der Waals surface area contributed by atoms with Gasteiger partial charge in [-0.05, 0) is 31.9 Å². The summed E-state index contributed by atoms with van der Waals surface area (Å²) in [6, 6.07) is 19.6. The molecule has 32 heavy (non-hydrogen) atoms. The lowest BCUT2D eigenvalue weighted by Gasteiger charge is -2.32. The fourth-order valence-corrected chi connectivity index (χ4v) is 4.07. The molecule has 1 aliphatic heterocycles. The molecule has 1 saturated heterocycles. The molecular formula is C25H24N4O3. The highest BCUT2D eigenvalue weighted by atomic mass is 16.5. The molecule has 2 aromatic heterocycles. The second-order valence-electron chi connectivity index (χ2n) is 7.81. The molecule has 1 atom stereocenters. The Kier molecular flexibility index (Phi) is 5.54. The van der Waals surface area contributed by atoms with E-state index in [2.05, 4.69) is 9.88 Å². The van der Waals surface area contributed by atoms with Gasteiger partial charge in [0.15, 0.2) is 11.6 Å². The standard InChI is InChI=1S/C25H24N4O3/c1-2-31-25(30)19-14-9-15-29(16-19)23-20-22(26-21(27-23)17-10-5-3-6-11-17)28-24(32-20)18-12-7-4-8-13-18/h3-8,10-13,19H,2,9,14-16H2,1H3/t19-/m0/s1. The van der Waals surface area contributed by atoms with Crippen molar-refractivity contribution in [1.29, 1.82) is 0 Å². The first kappa shape index (κ1) is 20.2. The van der Waals surface area contributed by atoms with Crippen molar-refractivity contribution in [1.82, 2.24) is 15.0 Å². The Morgan fingerprint density at radius 3 is 2.47 bits per heavy atom. The number of anilines is 1. The van der Waals surface area contributed by atoms with Crippen LogP contribution in [-0.2, 0) is 9.53 Å². The number of hydrogen-bond donors (Lipinski definition) is 0. The summed E-state index contributed by atoms with van der Waals surface area (Å²) in [7, 11) is 0. The van der Waals surface area contributed by atoms with E-state index in [9.17, 15) is 4.79 Å². The topological polar surface area (TPSA) is 81.4 Å². The van der Waals surface area contributed by atoms with E-state index in [-0.39, 0.29) is 11.9 Å². The average Bonchev–Trinajstić information content (AvgIpc) is 3.29. The Bertz CT molecular complexity index is 1220. The highest BCUT2D eigenvalue weighted by Crippen LogP contribution is 2.33. The molecule has 0 aliphatic carbocycles. The van der Waals surface area contributed by atoms with Crippen LogP contribution in [0.2, 0.25) is 0 Å². The molecule has 7 nitrogen and oxygen atoms in total. The molecular weight excluding hydrogens is 404 g/mol.